The van der Waals surface area contributed by atoms with E-state index >= 15 is 0 Å². The average molecular weight is 272 g/mol. The molecule has 0 aliphatic carbocycles. The lowest BCUT2D eigenvalue weighted by molar-refractivity contribution is -0.124. The van der Waals surface area contributed by atoms with Gasteiger partial charge in [-0.2, -0.15) is 0 Å². The first kappa shape index (κ1) is 13.1. The molecule has 1 atom stereocenters. The van der Waals surface area contributed by atoms with E-state index in [1.165, 1.54) is 0 Å². The van der Waals surface area contributed by atoms with E-state index in [4.69, 9.17) is 5.73 Å². The van der Waals surface area contributed by atoms with Crippen molar-refractivity contribution in [3.63, 3.8) is 0 Å². The van der Waals surface area contributed by atoms with Crippen molar-refractivity contribution >= 4 is 16.9 Å². The highest BCUT2D eigenvalue weighted by Gasteiger charge is 2.26. The van der Waals surface area contributed by atoms with Crippen LogP contribution < -0.4 is 11.1 Å². The summed E-state index contributed by atoms with van der Waals surface area (Å²) in [4.78, 5) is 17.0. The second-order valence-corrected chi connectivity index (χ2v) is 5.23. The molecule has 1 saturated heterocycles. The Morgan fingerprint density at radius 2 is 2.20 bits per heavy atom. The highest BCUT2D eigenvalue weighted by atomic mass is 16.2. The summed E-state index contributed by atoms with van der Waals surface area (Å²) in [6.45, 7) is 1.31. The first-order valence-electron chi connectivity index (χ1n) is 7.25. The fraction of sp³-hybridized carbons (Fsp3) is 0.467. The predicted octanol–water partition coefficient (Wildman–Crippen LogP) is 1.38. The van der Waals surface area contributed by atoms with Crippen LogP contribution in [0.25, 0.3) is 11.0 Å². The highest BCUT2D eigenvalue weighted by Crippen LogP contribution is 2.26. The zero-order chi connectivity index (χ0) is 13.9. The molecule has 0 saturated carbocycles. The van der Waals surface area contributed by atoms with Crippen molar-refractivity contribution < 1.29 is 4.79 Å². The van der Waals surface area contributed by atoms with E-state index in [0.29, 0.717) is 13.0 Å². The van der Waals surface area contributed by atoms with Crippen LogP contribution in [0.5, 0.6) is 0 Å². The van der Waals surface area contributed by atoms with Crippen molar-refractivity contribution in [1.29, 1.82) is 0 Å². The van der Waals surface area contributed by atoms with Crippen LogP contribution in [0, 0.1) is 0 Å². The number of nitrogens with one attached hydrogen (secondary N) is 1. The maximum Gasteiger partial charge on any atom is 0.243 e. The normalized spacial score (nSPS) is 19.9. The van der Waals surface area contributed by atoms with Crippen molar-refractivity contribution in [2.75, 3.05) is 13.1 Å². The molecule has 5 heteroatoms. The zero-order valence-corrected chi connectivity index (χ0v) is 11.5. The second kappa shape index (κ2) is 5.63. The molecule has 3 N–H and O–H groups in total. The van der Waals surface area contributed by atoms with Crippen LogP contribution in [-0.2, 0) is 11.2 Å². The second-order valence-electron chi connectivity index (χ2n) is 5.23. The number of imidazole rings is 1. The molecular formula is C15H20N4O. The number of rotatable bonds is 3. The summed E-state index contributed by atoms with van der Waals surface area (Å²) in [7, 11) is 0. The van der Waals surface area contributed by atoms with Gasteiger partial charge < -0.3 is 15.6 Å². The highest BCUT2D eigenvalue weighted by molar-refractivity contribution is 5.84. The maximum atomic E-state index is 12.3. The minimum atomic E-state index is -0.161. The number of nitrogens with two attached hydrogens (primary N) is 1. The molecule has 1 aromatic carbocycles. The fourth-order valence-electron chi connectivity index (χ4n) is 2.92. The van der Waals surface area contributed by atoms with Crippen molar-refractivity contribution in [2.24, 2.45) is 5.73 Å². The third kappa shape index (κ3) is 2.29. The number of carbonyl (C=O) groups is 1. The summed E-state index contributed by atoms with van der Waals surface area (Å²) >= 11 is 0. The Morgan fingerprint density at radius 3 is 3.05 bits per heavy atom. The molecule has 1 fully saturated rings. The van der Waals surface area contributed by atoms with Crippen LogP contribution in [0.1, 0.15) is 31.1 Å². The molecule has 1 amide bonds. The van der Waals surface area contributed by atoms with Gasteiger partial charge in [0.05, 0.1) is 11.0 Å². The minimum absolute atomic E-state index is 0.101. The van der Waals surface area contributed by atoms with Gasteiger partial charge in [-0.1, -0.05) is 12.1 Å². The lowest BCUT2D eigenvalue weighted by Crippen LogP contribution is -2.31. The van der Waals surface area contributed by atoms with Crippen molar-refractivity contribution in [2.45, 2.75) is 31.7 Å². The van der Waals surface area contributed by atoms with E-state index < -0.39 is 0 Å². The maximum absolute atomic E-state index is 12.3. The topological polar surface area (TPSA) is 72.9 Å². The lowest BCUT2D eigenvalue weighted by atomic mass is 10.1. The largest absolute Gasteiger partial charge is 0.354 e. The van der Waals surface area contributed by atoms with Crippen LogP contribution in [0.4, 0.5) is 0 Å². The van der Waals surface area contributed by atoms with Gasteiger partial charge in [-0.3, -0.25) is 4.79 Å². The lowest BCUT2D eigenvalue weighted by Gasteiger charge is -2.18. The van der Waals surface area contributed by atoms with Gasteiger partial charge in [-0.25, -0.2) is 4.98 Å². The van der Waals surface area contributed by atoms with Crippen LogP contribution in [0.15, 0.2) is 24.3 Å². The van der Waals surface area contributed by atoms with E-state index in [0.717, 1.165) is 42.7 Å². The molecule has 20 heavy (non-hydrogen) atoms. The molecule has 3 rings (SSSR count). The molecule has 1 aliphatic heterocycles. The monoisotopic (exact) mass is 272 g/mol. The van der Waals surface area contributed by atoms with Crippen molar-refractivity contribution in [1.82, 2.24) is 14.9 Å². The number of benzene rings is 1. The van der Waals surface area contributed by atoms with Crippen LogP contribution >= 0.6 is 0 Å². The Bertz CT molecular complexity index is 619. The SMILES string of the molecule is NCCc1nc2ccccc2n1C1CCCCNC1=O. The third-order valence-corrected chi connectivity index (χ3v) is 3.85. The summed E-state index contributed by atoms with van der Waals surface area (Å²) in [6.07, 6.45) is 3.65. The van der Waals surface area contributed by atoms with E-state index in [1.807, 2.05) is 24.3 Å². The molecule has 0 bridgehead atoms. The molecule has 1 aliphatic rings. The summed E-state index contributed by atoms with van der Waals surface area (Å²) < 4.78 is 2.09. The van der Waals surface area contributed by atoms with Gasteiger partial charge in [-0.05, 0) is 37.9 Å². The molecule has 0 spiro atoms. The predicted molar refractivity (Wildman–Crippen MR) is 78.4 cm³/mol. The number of carbonyl (C=O) groups excluding carboxylic acids is 1. The van der Waals surface area contributed by atoms with Crippen LogP contribution in [0.3, 0.4) is 0 Å². The number of aromatic nitrogens is 2. The molecule has 0 radical (unpaired) electrons. The Kier molecular flexibility index (Phi) is 3.69. The Balaban J connectivity index is 2.11. The Morgan fingerprint density at radius 1 is 1.35 bits per heavy atom. The number of fused-ring (bicyclic) bond motifs is 1. The standard InChI is InChI=1S/C15H20N4O/c16-9-8-14-18-11-5-1-2-6-12(11)19(14)13-7-3-4-10-17-15(13)20/h1-2,5-6,13H,3-4,7-10,16H2,(H,17,20). The van der Waals surface area contributed by atoms with Crippen LogP contribution in [0.2, 0.25) is 0 Å². The number of nitrogens with zero attached hydrogens (tertiary/aromatic N) is 2. The van der Waals surface area contributed by atoms with Gasteiger partial charge in [0.2, 0.25) is 5.91 Å². The third-order valence-electron chi connectivity index (χ3n) is 3.85. The van der Waals surface area contributed by atoms with E-state index in [9.17, 15) is 4.79 Å². The molecule has 1 unspecified atom stereocenters. The number of amides is 1. The van der Waals surface area contributed by atoms with Gasteiger partial charge in [0.25, 0.3) is 0 Å². The van der Waals surface area contributed by atoms with Gasteiger partial charge >= 0.3 is 0 Å². The molecular weight excluding hydrogens is 252 g/mol. The summed E-state index contributed by atoms with van der Waals surface area (Å²) in [5.41, 5.74) is 7.66. The Labute approximate surface area is 118 Å². The summed E-state index contributed by atoms with van der Waals surface area (Å²) in [5, 5.41) is 3.00. The van der Waals surface area contributed by atoms with E-state index in [-0.39, 0.29) is 11.9 Å². The van der Waals surface area contributed by atoms with E-state index in [2.05, 4.69) is 14.9 Å². The number of hydrogen-bond donors (Lipinski definition) is 2. The number of hydrogen-bond acceptors (Lipinski definition) is 3. The minimum Gasteiger partial charge on any atom is -0.354 e. The van der Waals surface area contributed by atoms with Gasteiger partial charge in [0, 0.05) is 13.0 Å². The molecule has 106 valence electrons. The Hall–Kier alpha value is -1.88. The van der Waals surface area contributed by atoms with E-state index in [1.54, 1.807) is 0 Å². The first-order valence-corrected chi connectivity index (χ1v) is 7.25. The van der Waals surface area contributed by atoms with Gasteiger partial charge in [0.15, 0.2) is 0 Å². The summed E-state index contributed by atoms with van der Waals surface area (Å²) in [6, 6.07) is 7.81. The molecule has 5 nitrogen and oxygen atoms in total. The van der Waals surface area contributed by atoms with Crippen molar-refractivity contribution in [3.8, 4) is 0 Å². The number of para-hydroxylation sites is 2. The average Bonchev–Trinajstić information content (AvgIpc) is 2.67. The van der Waals surface area contributed by atoms with Crippen LogP contribution in [-0.4, -0.2) is 28.5 Å². The fourth-order valence-corrected chi connectivity index (χ4v) is 2.92. The smallest absolute Gasteiger partial charge is 0.243 e. The quantitative estimate of drug-likeness (QED) is 0.886. The first-order chi connectivity index (χ1) is 9.81. The molecule has 1 aromatic heterocycles. The molecule has 2 heterocycles. The zero-order valence-electron chi connectivity index (χ0n) is 11.5. The van der Waals surface area contributed by atoms with Gasteiger partial charge in [0.1, 0.15) is 11.9 Å². The van der Waals surface area contributed by atoms with Gasteiger partial charge in [-0.15, -0.1) is 0 Å². The van der Waals surface area contributed by atoms with Crippen molar-refractivity contribution in [3.05, 3.63) is 30.1 Å². The summed E-state index contributed by atoms with van der Waals surface area (Å²) in [5.74, 6) is 1.01. The molecule has 2 aromatic rings.